The molecule has 0 aliphatic carbocycles. The smallest absolute Gasteiger partial charge is 0.232 e. The van der Waals surface area contributed by atoms with Gasteiger partial charge in [0, 0.05) is 11.6 Å². The van der Waals surface area contributed by atoms with Crippen molar-refractivity contribution < 1.29 is 12.8 Å². The zero-order valence-corrected chi connectivity index (χ0v) is 13.2. The first kappa shape index (κ1) is 15.7. The molecule has 23 heavy (non-hydrogen) atoms. The molecule has 118 valence electrons. The Kier molecular flexibility index (Phi) is 3.93. The monoisotopic (exact) mass is 351 g/mol. The van der Waals surface area contributed by atoms with Crippen LogP contribution in [0, 0.1) is 5.82 Å². The van der Waals surface area contributed by atoms with Gasteiger partial charge in [-0.05, 0) is 48.5 Å². The van der Waals surface area contributed by atoms with Gasteiger partial charge >= 0.3 is 0 Å². The molecule has 0 saturated carbocycles. The molecule has 1 heterocycles. The maximum Gasteiger partial charge on any atom is 0.238 e. The molecule has 2 aromatic carbocycles. The van der Waals surface area contributed by atoms with Crippen LogP contribution >= 0.6 is 11.6 Å². The van der Waals surface area contributed by atoms with Crippen LogP contribution in [0.15, 0.2) is 59.5 Å². The molecule has 0 aliphatic heterocycles. The van der Waals surface area contributed by atoms with Gasteiger partial charge in [-0.1, -0.05) is 11.6 Å². The fourth-order valence-corrected chi connectivity index (χ4v) is 2.85. The second kappa shape index (κ2) is 5.77. The maximum absolute atomic E-state index is 13.1. The number of aromatic nitrogens is 2. The first-order valence-electron chi connectivity index (χ1n) is 6.49. The summed E-state index contributed by atoms with van der Waals surface area (Å²) in [5, 5.41) is 9.52. The molecule has 0 aliphatic rings. The van der Waals surface area contributed by atoms with Crippen molar-refractivity contribution in [3.63, 3.8) is 0 Å². The van der Waals surface area contributed by atoms with Crippen molar-refractivity contribution in [1.82, 2.24) is 9.78 Å². The largest absolute Gasteiger partial charge is 0.238 e. The third-order valence-corrected chi connectivity index (χ3v) is 4.34. The van der Waals surface area contributed by atoms with Crippen LogP contribution in [0.5, 0.6) is 0 Å². The van der Waals surface area contributed by atoms with Crippen molar-refractivity contribution in [2.24, 2.45) is 5.14 Å². The summed E-state index contributed by atoms with van der Waals surface area (Å²) in [6.07, 6.45) is 0. The number of sulfonamides is 1. The average molecular weight is 352 g/mol. The van der Waals surface area contributed by atoms with Gasteiger partial charge in [-0.25, -0.2) is 22.6 Å². The van der Waals surface area contributed by atoms with E-state index in [4.69, 9.17) is 16.7 Å². The van der Waals surface area contributed by atoms with Crippen molar-refractivity contribution in [1.29, 1.82) is 0 Å². The van der Waals surface area contributed by atoms with Gasteiger partial charge in [0.15, 0.2) is 5.15 Å². The maximum atomic E-state index is 13.1. The molecule has 5 nitrogen and oxygen atoms in total. The lowest BCUT2D eigenvalue weighted by atomic mass is 10.1. The van der Waals surface area contributed by atoms with Crippen LogP contribution in [0.2, 0.25) is 5.15 Å². The summed E-state index contributed by atoms with van der Waals surface area (Å²) >= 11 is 5.98. The normalized spacial score (nSPS) is 11.6. The summed E-state index contributed by atoms with van der Waals surface area (Å²) in [4.78, 5) is 0.00263. The Morgan fingerprint density at radius 3 is 2.22 bits per heavy atom. The van der Waals surface area contributed by atoms with Gasteiger partial charge in [-0.3, -0.25) is 0 Å². The molecule has 0 spiro atoms. The average Bonchev–Trinajstić information content (AvgIpc) is 2.89. The lowest BCUT2D eigenvalue weighted by molar-refractivity contribution is 0.597. The van der Waals surface area contributed by atoms with Gasteiger partial charge in [0.25, 0.3) is 0 Å². The molecule has 0 fully saturated rings. The number of benzene rings is 2. The standard InChI is InChI=1S/C15H11ClFN3O2S/c16-15-9-14(10-1-3-11(17)4-2-10)20(19-15)12-5-7-13(8-6-12)23(18,21)22/h1-9H,(H2,18,21,22). The Morgan fingerprint density at radius 1 is 1.04 bits per heavy atom. The molecule has 2 N–H and O–H groups in total. The molecular weight excluding hydrogens is 341 g/mol. The molecule has 0 saturated heterocycles. The van der Waals surface area contributed by atoms with Crippen molar-refractivity contribution in [2.75, 3.05) is 0 Å². The highest BCUT2D eigenvalue weighted by atomic mass is 35.5. The molecule has 0 amide bonds. The molecule has 0 radical (unpaired) electrons. The summed E-state index contributed by atoms with van der Waals surface area (Å²) in [6, 6.07) is 13.4. The molecule has 0 unspecified atom stereocenters. The van der Waals surface area contributed by atoms with Crippen LogP contribution in [0.25, 0.3) is 16.9 Å². The van der Waals surface area contributed by atoms with E-state index >= 15 is 0 Å². The number of nitrogens with two attached hydrogens (primary N) is 1. The van der Waals surface area contributed by atoms with Gasteiger partial charge in [0.1, 0.15) is 5.82 Å². The fourth-order valence-electron chi connectivity index (χ4n) is 2.15. The van der Waals surface area contributed by atoms with Gasteiger partial charge in [-0.15, -0.1) is 0 Å². The SMILES string of the molecule is NS(=O)(=O)c1ccc(-n2nc(Cl)cc2-c2ccc(F)cc2)cc1. The van der Waals surface area contributed by atoms with E-state index in [1.54, 1.807) is 35.0 Å². The third-order valence-electron chi connectivity index (χ3n) is 3.23. The first-order valence-corrected chi connectivity index (χ1v) is 8.42. The zero-order valence-electron chi connectivity index (χ0n) is 11.6. The quantitative estimate of drug-likeness (QED) is 0.788. The van der Waals surface area contributed by atoms with E-state index in [1.807, 2.05) is 0 Å². The van der Waals surface area contributed by atoms with E-state index in [-0.39, 0.29) is 15.9 Å². The van der Waals surface area contributed by atoms with Crippen molar-refractivity contribution >= 4 is 21.6 Å². The molecular formula is C15H11ClFN3O2S. The third kappa shape index (κ3) is 3.26. The van der Waals surface area contributed by atoms with E-state index in [2.05, 4.69) is 5.10 Å². The van der Waals surface area contributed by atoms with Crippen molar-refractivity contribution in [2.45, 2.75) is 4.90 Å². The summed E-state index contributed by atoms with van der Waals surface area (Å²) < 4.78 is 37.2. The van der Waals surface area contributed by atoms with Crippen molar-refractivity contribution in [3.05, 3.63) is 65.6 Å². The molecule has 3 rings (SSSR count). The Bertz CT molecular complexity index is 951. The predicted molar refractivity (Wildman–Crippen MR) is 85.3 cm³/mol. The summed E-state index contributed by atoms with van der Waals surface area (Å²) in [5.74, 6) is -0.344. The van der Waals surface area contributed by atoms with E-state index in [1.165, 1.54) is 24.3 Å². The molecule has 1 aromatic heterocycles. The Labute approximate surface area is 137 Å². The molecule has 3 aromatic rings. The second-order valence-corrected chi connectivity index (χ2v) is 6.76. The van der Waals surface area contributed by atoms with Gasteiger partial charge in [0.2, 0.25) is 10.0 Å². The second-order valence-electron chi connectivity index (χ2n) is 4.81. The summed E-state index contributed by atoms with van der Waals surface area (Å²) in [6.45, 7) is 0. The van der Waals surface area contributed by atoms with Crippen molar-refractivity contribution in [3.8, 4) is 16.9 Å². The zero-order chi connectivity index (χ0) is 16.6. The van der Waals surface area contributed by atoms with E-state index in [0.29, 0.717) is 11.4 Å². The minimum absolute atomic E-state index is 0.00263. The van der Waals surface area contributed by atoms with Crippen LogP contribution < -0.4 is 5.14 Å². The van der Waals surface area contributed by atoms with Gasteiger partial charge in [-0.2, -0.15) is 5.10 Å². The first-order chi connectivity index (χ1) is 10.8. The highest BCUT2D eigenvalue weighted by Crippen LogP contribution is 2.26. The topological polar surface area (TPSA) is 78.0 Å². The van der Waals surface area contributed by atoms with E-state index < -0.39 is 10.0 Å². The molecule has 8 heteroatoms. The Balaban J connectivity index is 2.09. The number of nitrogens with zero attached hydrogens (tertiary/aromatic N) is 2. The molecule has 0 bridgehead atoms. The van der Waals surface area contributed by atoms with E-state index in [9.17, 15) is 12.8 Å². The van der Waals surface area contributed by atoms with Gasteiger partial charge in [0.05, 0.1) is 16.3 Å². The van der Waals surface area contributed by atoms with Gasteiger partial charge < -0.3 is 0 Å². The minimum atomic E-state index is -3.76. The van der Waals surface area contributed by atoms with E-state index in [0.717, 1.165) is 5.56 Å². The Morgan fingerprint density at radius 2 is 1.65 bits per heavy atom. The van der Waals surface area contributed by atoms with Crippen LogP contribution in [-0.4, -0.2) is 18.2 Å². The number of hydrogen-bond acceptors (Lipinski definition) is 3. The van der Waals surface area contributed by atoms with Crippen LogP contribution in [0.4, 0.5) is 4.39 Å². The minimum Gasteiger partial charge on any atom is -0.232 e. The number of hydrogen-bond donors (Lipinski definition) is 1. The number of halogens is 2. The van der Waals surface area contributed by atoms with Crippen LogP contribution in [0.1, 0.15) is 0 Å². The highest BCUT2D eigenvalue weighted by molar-refractivity contribution is 7.89. The molecule has 0 atom stereocenters. The fraction of sp³-hybridized carbons (Fsp3) is 0. The summed E-state index contributed by atoms with van der Waals surface area (Å²) in [5.41, 5.74) is 1.98. The lowest BCUT2D eigenvalue weighted by Gasteiger charge is -2.08. The van der Waals surface area contributed by atoms with Crippen LogP contribution in [0.3, 0.4) is 0 Å². The number of primary sulfonamides is 1. The predicted octanol–water partition coefficient (Wildman–Crippen LogP) is 2.98. The van der Waals surface area contributed by atoms with Crippen LogP contribution in [-0.2, 0) is 10.0 Å². The number of rotatable bonds is 3. The summed E-state index contributed by atoms with van der Waals surface area (Å²) in [7, 11) is -3.76. The Hall–Kier alpha value is -2.22. The lowest BCUT2D eigenvalue weighted by Crippen LogP contribution is -2.12. The highest BCUT2D eigenvalue weighted by Gasteiger charge is 2.13.